The first kappa shape index (κ1) is 16.5. The summed E-state index contributed by atoms with van der Waals surface area (Å²) >= 11 is 7.65. The molecule has 0 aliphatic carbocycles. The van der Waals surface area contributed by atoms with Crippen LogP contribution in [0.3, 0.4) is 0 Å². The second kappa shape index (κ2) is 6.47. The summed E-state index contributed by atoms with van der Waals surface area (Å²) in [6.07, 6.45) is 0. The number of benzene rings is 1. The van der Waals surface area contributed by atoms with Gasteiger partial charge in [-0.15, -0.1) is 11.3 Å². The van der Waals surface area contributed by atoms with Crippen molar-refractivity contribution in [2.45, 2.75) is 39.2 Å². The van der Waals surface area contributed by atoms with Crippen LogP contribution in [0.2, 0.25) is 5.02 Å². The molecule has 0 aliphatic rings. The number of rotatable bonds is 4. The van der Waals surface area contributed by atoms with Crippen molar-refractivity contribution in [2.24, 2.45) is 0 Å². The molecular weight excluding hydrogens is 305 g/mol. The summed E-state index contributed by atoms with van der Waals surface area (Å²) in [4.78, 5) is 2.41. The van der Waals surface area contributed by atoms with E-state index in [1.807, 2.05) is 6.92 Å². The van der Waals surface area contributed by atoms with Crippen LogP contribution in [0.5, 0.6) is 0 Å². The Morgan fingerprint density at radius 3 is 2.52 bits per heavy atom. The summed E-state index contributed by atoms with van der Waals surface area (Å²) in [7, 11) is 0. The second-order valence-electron chi connectivity index (χ2n) is 6.09. The Hall–Kier alpha value is -0.900. The lowest BCUT2D eigenvalue weighted by Crippen LogP contribution is -2.22. The largest absolute Gasteiger partial charge is 0.306 e. The van der Waals surface area contributed by atoms with Crippen LogP contribution in [0.15, 0.2) is 30.3 Å². The maximum absolute atomic E-state index is 14.3. The number of hydrogen-bond donors (Lipinski definition) is 1. The molecule has 0 spiro atoms. The molecule has 2 aromatic rings. The summed E-state index contributed by atoms with van der Waals surface area (Å²) in [6, 6.07) is 9.23. The highest BCUT2D eigenvalue weighted by molar-refractivity contribution is 7.12. The molecule has 1 atom stereocenters. The Labute approximate surface area is 135 Å². The van der Waals surface area contributed by atoms with Crippen molar-refractivity contribution in [3.8, 4) is 0 Å². The van der Waals surface area contributed by atoms with Crippen LogP contribution in [-0.2, 0) is 5.41 Å². The molecule has 1 aromatic carbocycles. The lowest BCUT2D eigenvalue weighted by Gasteiger charge is -2.19. The van der Waals surface area contributed by atoms with Crippen molar-refractivity contribution in [1.29, 1.82) is 0 Å². The first-order valence-corrected chi connectivity index (χ1v) is 8.31. The lowest BCUT2D eigenvalue weighted by atomic mass is 9.95. The second-order valence-corrected chi connectivity index (χ2v) is 7.61. The summed E-state index contributed by atoms with van der Waals surface area (Å²) in [5, 5.41) is 3.53. The van der Waals surface area contributed by atoms with E-state index in [-0.39, 0.29) is 22.3 Å². The van der Waals surface area contributed by atoms with Crippen molar-refractivity contribution in [1.82, 2.24) is 5.32 Å². The molecule has 0 amide bonds. The summed E-state index contributed by atoms with van der Waals surface area (Å²) in [5.74, 6) is -0.337. The molecule has 1 nitrogen and oxygen atoms in total. The van der Waals surface area contributed by atoms with Crippen LogP contribution in [-0.4, -0.2) is 6.54 Å². The van der Waals surface area contributed by atoms with E-state index in [4.69, 9.17) is 11.6 Å². The zero-order chi connectivity index (χ0) is 15.6. The minimum atomic E-state index is -0.337. The van der Waals surface area contributed by atoms with Gasteiger partial charge >= 0.3 is 0 Å². The van der Waals surface area contributed by atoms with Crippen molar-refractivity contribution < 1.29 is 4.39 Å². The fraction of sp³-hybridized carbons (Fsp3) is 0.412. The van der Waals surface area contributed by atoms with Gasteiger partial charge in [-0.25, -0.2) is 4.39 Å². The van der Waals surface area contributed by atoms with Gasteiger partial charge in [-0.05, 0) is 30.2 Å². The molecule has 4 heteroatoms. The van der Waals surface area contributed by atoms with E-state index in [0.29, 0.717) is 5.56 Å². The Balaban J connectivity index is 2.44. The van der Waals surface area contributed by atoms with Crippen LogP contribution in [0.25, 0.3) is 0 Å². The van der Waals surface area contributed by atoms with Gasteiger partial charge in [0.25, 0.3) is 0 Å². The van der Waals surface area contributed by atoms with Gasteiger partial charge in [0.2, 0.25) is 0 Å². The Morgan fingerprint density at radius 2 is 1.95 bits per heavy atom. The zero-order valence-corrected chi connectivity index (χ0v) is 14.4. The van der Waals surface area contributed by atoms with Gasteiger partial charge < -0.3 is 5.32 Å². The average molecular weight is 326 g/mol. The van der Waals surface area contributed by atoms with Crippen molar-refractivity contribution in [2.75, 3.05) is 6.54 Å². The topological polar surface area (TPSA) is 12.0 Å². The number of hydrogen-bond acceptors (Lipinski definition) is 2. The van der Waals surface area contributed by atoms with E-state index in [2.05, 4.69) is 38.2 Å². The molecule has 0 radical (unpaired) electrons. The van der Waals surface area contributed by atoms with E-state index in [1.54, 1.807) is 29.5 Å². The molecule has 1 unspecified atom stereocenters. The molecule has 1 N–H and O–H groups in total. The third-order valence-electron chi connectivity index (χ3n) is 3.35. The summed E-state index contributed by atoms with van der Waals surface area (Å²) in [6.45, 7) is 9.34. The van der Waals surface area contributed by atoms with Crippen LogP contribution >= 0.6 is 22.9 Å². The van der Waals surface area contributed by atoms with Gasteiger partial charge in [-0.1, -0.05) is 51.4 Å². The predicted molar refractivity (Wildman–Crippen MR) is 89.9 cm³/mol. The molecule has 0 fully saturated rings. The SMILES string of the molecule is CCNC(c1ccc(C(C)(C)C)s1)c1cccc(Cl)c1F. The third-order valence-corrected chi connectivity index (χ3v) is 5.22. The number of nitrogens with one attached hydrogen (secondary N) is 1. The van der Waals surface area contributed by atoms with Gasteiger partial charge in [-0.3, -0.25) is 0 Å². The third kappa shape index (κ3) is 3.65. The normalized spacial score (nSPS) is 13.4. The summed E-state index contributed by atoms with van der Waals surface area (Å²) < 4.78 is 14.3. The van der Waals surface area contributed by atoms with Crippen LogP contribution in [0.4, 0.5) is 4.39 Å². The summed E-state index contributed by atoms with van der Waals surface area (Å²) in [5.41, 5.74) is 0.707. The fourth-order valence-corrected chi connectivity index (χ4v) is 3.56. The van der Waals surface area contributed by atoms with Crippen LogP contribution < -0.4 is 5.32 Å². The molecule has 0 aliphatic heterocycles. The molecule has 21 heavy (non-hydrogen) atoms. The van der Waals surface area contributed by atoms with E-state index in [9.17, 15) is 4.39 Å². The number of halogens is 2. The van der Waals surface area contributed by atoms with E-state index >= 15 is 0 Å². The Kier molecular flexibility index (Phi) is 5.07. The molecule has 1 aromatic heterocycles. The van der Waals surface area contributed by atoms with Gasteiger partial charge in [0.15, 0.2) is 0 Å². The first-order valence-electron chi connectivity index (χ1n) is 7.12. The molecule has 0 saturated heterocycles. The van der Waals surface area contributed by atoms with Crippen LogP contribution in [0.1, 0.15) is 49.1 Å². The molecule has 0 saturated carbocycles. The van der Waals surface area contributed by atoms with Gasteiger partial charge in [-0.2, -0.15) is 0 Å². The highest BCUT2D eigenvalue weighted by atomic mass is 35.5. The van der Waals surface area contributed by atoms with E-state index in [0.717, 1.165) is 11.4 Å². The number of thiophene rings is 1. The fourth-order valence-electron chi connectivity index (χ4n) is 2.22. The molecule has 0 bridgehead atoms. The minimum Gasteiger partial charge on any atom is -0.306 e. The maximum Gasteiger partial charge on any atom is 0.146 e. The zero-order valence-electron chi connectivity index (χ0n) is 12.8. The quantitative estimate of drug-likeness (QED) is 0.778. The minimum absolute atomic E-state index is 0.104. The standard InChI is InChI=1S/C17H21ClFNS/c1-5-20-16(11-7-6-8-12(18)15(11)19)13-9-10-14(21-13)17(2,3)4/h6-10,16,20H,5H2,1-4H3. The molecule has 1 heterocycles. The molecule has 114 valence electrons. The first-order chi connectivity index (χ1) is 9.84. The predicted octanol–water partition coefficient (Wildman–Crippen LogP) is 5.54. The lowest BCUT2D eigenvalue weighted by molar-refractivity contribution is 0.563. The van der Waals surface area contributed by atoms with Crippen molar-refractivity contribution >= 4 is 22.9 Å². The maximum atomic E-state index is 14.3. The molecule has 2 rings (SSSR count). The van der Waals surface area contributed by atoms with Gasteiger partial charge in [0.1, 0.15) is 5.82 Å². The monoisotopic (exact) mass is 325 g/mol. The highest BCUT2D eigenvalue weighted by Gasteiger charge is 2.23. The van der Waals surface area contributed by atoms with E-state index in [1.165, 1.54) is 4.88 Å². The Bertz CT molecular complexity index is 615. The smallest absolute Gasteiger partial charge is 0.146 e. The Morgan fingerprint density at radius 1 is 1.24 bits per heavy atom. The highest BCUT2D eigenvalue weighted by Crippen LogP contribution is 2.36. The van der Waals surface area contributed by atoms with Gasteiger partial charge in [0.05, 0.1) is 11.1 Å². The average Bonchev–Trinajstić information content (AvgIpc) is 2.89. The van der Waals surface area contributed by atoms with Crippen molar-refractivity contribution in [3.05, 3.63) is 56.5 Å². The van der Waals surface area contributed by atoms with Crippen LogP contribution in [0, 0.1) is 5.82 Å². The van der Waals surface area contributed by atoms with Gasteiger partial charge in [0, 0.05) is 15.3 Å². The molecular formula is C17H21ClFNS. The van der Waals surface area contributed by atoms with E-state index < -0.39 is 0 Å². The van der Waals surface area contributed by atoms with Crippen molar-refractivity contribution in [3.63, 3.8) is 0 Å².